The second-order valence-electron chi connectivity index (χ2n) is 7.95. The summed E-state index contributed by atoms with van der Waals surface area (Å²) in [6, 6.07) is 7.86. The summed E-state index contributed by atoms with van der Waals surface area (Å²) in [5, 5.41) is 11.2. The van der Waals surface area contributed by atoms with Gasteiger partial charge in [0.05, 0.1) is 16.0 Å². The molecule has 0 aliphatic carbocycles. The Kier molecular flexibility index (Phi) is 6.71. The van der Waals surface area contributed by atoms with Gasteiger partial charge in [0.15, 0.2) is 5.69 Å². The van der Waals surface area contributed by atoms with E-state index >= 15 is 0 Å². The topological polar surface area (TPSA) is 108 Å². The summed E-state index contributed by atoms with van der Waals surface area (Å²) in [4.78, 5) is 37.3. The van der Waals surface area contributed by atoms with E-state index in [1.807, 2.05) is 45.0 Å². The van der Waals surface area contributed by atoms with Gasteiger partial charge in [-0.2, -0.15) is 0 Å². The van der Waals surface area contributed by atoms with Gasteiger partial charge in [-0.05, 0) is 39.3 Å². The summed E-state index contributed by atoms with van der Waals surface area (Å²) in [6.07, 6.45) is 1.51. The third-order valence-electron chi connectivity index (χ3n) is 4.30. The molecule has 0 bridgehead atoms. The number of imidazole rings is 1. The number of aryl methyl sites for hydroxylation is 1. The van der Waals surface area contributed by atoms with E-state index in [9.17, 15) is 9.59 Å². The predicted octanol–water partition coefficient (Wildman–Crippen LogP) is 4.13. The van der Waals surface area contributed by atoms with Gasteiger partial charge < -0.3 is 19.7 Å². The summed E-state index contributed by atoms with van der Waals surface area (Å²) >= 11 is 1.28. The van der Waals surface area contributed by atoms with E-state index in [-0.39, 0.29) is 11.8 Å². The first-order valence-electron chi connectivity index (χ1n) is 9.80. The first kappa shape index (κ1) is 21.8. The summed E-state index contributed by atoms with van der Waals surface area (Å²) in [6.45, 7) is 6.40. The molecule has 0 unspecified atom stereocenters. The van der Waals surface area contributed by atoms with Crippen molar-refractivity contribution in [3.63, 3.8) is 0 Å². The molecule has 9 heteroatoms. The molecule has 0 spiro atoms. The van der Waals surface area contributed by atoms with E-state index in [1.54, 1.807) is 4.90 Å². The zero-order valence-electron chi connectivity index (χ0n) is 17.3. The molecule has 1 amide bonds. The van der Waals surface area contributed by atoms with Crippen LogP contribution in [0.4, 0.5) is 4.79 Å². The van der Waals surface area contributed by atoms with Crippen LogP contribution in [0.3, 0.4) is 0 Å². The van der Waals surface area contributed by atoms with Crippen LogP contribution in [0.2, 0.25) is 0 Å². The van der Waals surface area contributed by atoms with Gasteiger partial charge in [-0.15, -0.1) is 11.3 Å². The van der Waals surface area contributed by atoms with E-state index in [0.29, 0.717) is 30.9 Å². The lowest BCUT2D eigenvalue weighted by molar-refractivity contribution is 0.0249. The van der Waals surface area contributed by atoms with E-state index in [2.05, 4.69) is 15.0 Å². The molecule has 0 radical (unpaired) electrons. The Morgan fingerprint density at radius 3 is 2.60 bits per heavy atom. The van der Waals surface area contributed by atoms with Gasteiger partial charge in [0.1, 0.15) is 11.4 Å². The number of ether oxygens (including phenoxy) is 1. The molecule has 2 aromatic heterocycles. The summed E-state index contributed by atoms with van der Waals surface area (Å²) < 4.78 is 5.53. The van der Waals surface area contributed by atoms with Crippen LogP contribution >= 0.6 is 11.3 Å². The molecule has 0 fully saturated rings. The number of aromatic amines is 1. The first-order valence-corrected chi connectivity index (χ1v) is 10.7. The number of carboxylic acids is 1. The molecule has 160 valence electrons. The van der Waals surface area contributed by atoms with Crippen LogP contribution in [0.1, 0.15) is 48.5 Å². The minimum absolute atomic E-state index is 0.0312. The average Bonchev–Trinajstić information content (AvgIpc) is 3.29. The molecule has 2 N–H and O–H groups in total. The number of para-hydroxylation sites is 2. The molecule has 0 saturated carbocycles. The highest BCUT2D eigenvalue weighted by atomic mass is 32.1. The van der Waals surface area contributed by atoms with Crippen molar-refractivity contribution in [3.05, 3.63) is 46.2 Å². The fraction of sp³-hybridized carbons (Fsp3) is 0.429. The highest BCUT2D eigenvalue weighted by molar-refractivity contribution is 7.09. The van der Waals surface area contributed by atoms with Crippen LogP contribution in [0.5, 0.6) is 0 Å². The number of hydrogen-bond donors (Lipinski definition) is 2. The fourth-order valence-corrected chi connectivity index (χ4v) is 3.70. The van der Waals surface area contributed by atoms with Crippen molar-refractivity contribution >= 4 is 34.4 Å². The van der Waals surface area contributed by atoms with Crippen molar-refractivity contribution in [1.29, 1.82) is 0 Å². The number of fused-ring (bicyclic) bond motifs is 1. The van der Waals surface area contributed by atoms with Gasteiger partial charge in [-0.25, -0.2) is 19.6 Å². The fourth-order valence-electron chi connectivity index (χ4n) is 2.94. The lowest BCUT2D eigenvalue weighted by Crippen LogP contribution is -2.38. The zero-order valence-corrected chi connectivity index (χ0v) is 18.2. The molecular formula is C21H26N4O4S. The van der Waals surface area contributed by atoms with E-state index < -0.39 is 11.6 Å². The molecule has 8 nitrogen and oxygen atoms in total. The maximum absolute atomic E-state index is 12.6. The predicted molar refractivity (Wildman–Crippen MR) is 115 cm³/mol. The lowest BCUT2D eigenvalue weighted by atomic mass is 10.2. The smallest absolute Gasteiger partial charge is 0.410 e. The number of H-pyrrole nitrogens is 1. The lowest BCUT2D eigenvalue weighted by Gasteiger charge is -2.27. The van der Waals surface area contributed by atoms with Crippen molar-refractivity contribution in [3.8, 4) is 0 Å². The number of rotatable bonds is 8. The molecule has 0 aliphatic heterocycles. The van der Waals surface area contributed by atoms with Gasteiger partial charge >= 0.3 is 12.1 Å². The van der Waals surface area contributed by atoms with Crippen molar-refractivity contribution < 1.29 is 19.4 Å². The summed E-state index contributed by atoms with van der Waals surface area (Å²) in [5.41, 5.74) is 1.36. The van der Waals surface area contributed by atoms with Gasteiger partial charge in [0.25, 0.3) is 0 Å². The number of hydrogen-bond acceptors (Lipinski definition) is 6. The van der Waals surface area contributed by atoms with Gasteiger partial charge in [-0.3, -0.25) is 0 Å². The largest absolute Gasteiger partial charge is 0.476 e. The monoisotopic (exact) mass is 430 g/mol. The third-order valence-corrected chi connectivity index (χ3v) is 5.21. The average molecular weight is 431 g/mol. The molecule has 0 atom stereocenters. The normalized spacial score (nSPS) is 11.6. The standard InChI is InChI=1S/C21H26N4O4S/c1-21(2,3)29-20(28)25(12-10-18-24-16(13-30-18)19(26)27)11-6-9-17-22-14-7-4-5-8-15(14)23-17/h4-5,7-8,13H,6,9-12H2,1-3H3,(H,22,23)(H,26,27). The van der Waals surface area contributed by atoms with Crippen molar-refractivity contribution in [2.75, 3.05) is 13.1 Å². The molecule has 0 saturated heterocycles. The van der Waals surface area contributed by atoms with Crippen LogP contribution in [0.15, 0.2) is 29.6 Å². The maximum Gasteiger partial charge on any atom is 0.410 e. The van der Waals surface area contributed by atoms with Crippen LogP contribution < -0.4 is 0 Å². The highest BCUT2D eigenvalue weighted by Crippen LogP contribution is 2.15. The minimum Gasteiger partial charge on any atom is -0.476 e. The van der Waals surface area contributed by atoms with Gasteiger partial charge in [-0.1, -0.05) is 12.1 Å². The number of carbonyl (C=O) groups excluding carboxylic acids is 1. The molecular weight excluding hydrogens is 404 g/mol. The summed E-state index contributed by atoms with van der Waals surface area (Å²) in [5.74, 6) is -0.168. The second-order valence-corrected chi connectivity index (χ2v) is 8.90. The number of carbonyl (C=O) groups is 2. The van der Waals surface area contributed by atoms with Crippen molar-refractivity contribution in [2.45, 2.75) is 45.6 Å². The Bertz CT molecular complexity index is 988. The summed E-state index contributed by atoms with van der Waals surface area (Å²) in [7, 11) is 0. The molecule has 3 aromatic rings. The highest BCUT2D eigenvalue weighted by Gasteiger charge is 2.22. The Hall–Kier alpha value is -2.94. The number of aromatic nitrogens is 3. The number of nitrogens with one attached hydrogen (secondary N) is 1. The number of thiazole rings is 1. The van der Waals surface area contributed by atoms with E-state index in [0.717, 1.165) is 23.3 Å². The Morgan fingerprint density at radius 1 is 1.17 bits per heavy atom. The zero-order chi connectivity index (χ0) is 21.7. The number of benzene rings is 1. The van der Waals surface area contributed by atoms with E-state index in [4.69, 9.17) is 9.84 Å². The number of nitrogens with zero attached hydrogens (tertiary/aromatic N) is 3. The Balaban J connectivity index is 1.60. The van der Waals surface area contributed by atoms with Crippen molar-refractivity contribution in [1.82, 2.24) is 19.9 Å². The SMILES string of the molecule is CC(C)(C)OC(=O)N(CCCc1nc2ccccc2[nH]1)CCc1nc(C(=O)O)cs1. The molecule has 1 aromatic carbocycles. The van der Waals surface area contributed by atoms with Crippen LogP contribution in [-0.2, 0) is 17.6 Å². The van der Waals surface area contributed by atoms with Crippen LogP contribution in [-0.4, -0.2) is 55.7 Å². The minimum atomic E-state index is -1.05. The molecule has 3 rings (SSSR count). The molecule has 30 heavy (non-hydrogen) atoms. The number of amides is 1. The number of carboxylic acid groups (broad SMARTS) is 1. The Morgan fingerprint density at radius 2 is 1.93 bits per heavy atom. The number of aromatic carboxylic acids is 1. The third kappa shape index (κ3) is 6.03. The van der Waals surface area contributed by atoms with Crippen LogP contribution in [0.25, 0.3) is 11.0 Å². The maximum atomic E-state index is 12.6. The molecule has 0 aliphatic rings. The molecule has 2 heterocycles. The van der Waals surface area contributed by atoms with Gasteiger partial charge in [0, 0.05) is 31.3 Å². The van der Waals surface area contributed by atoms with Crippen molar-refractivity contribution in [2.24, 2.45) is 0 Å². The first-order chi connectivity index (χ1) is 14.2. The van der Waals surface area contributed by atoms with Gasteiger partial charge in [0.2, 0.25) is 0 Å². The second kappa shape index (κ2) is 9.25. The van der Waals surface area contributed by atoms with E-state index in [1.165, 1.54) is 16.7 Å². The Labute approximate surface area is 178 Å². The quantitative estimate of drug-likeness (QED) is 0.556. The van der Waals surface area contributed by atoms with Crippen LogP contribution in [0, 0.1) is 0 Å².